The van der Waals surface area contributed by atoms with Crippen LogP contribution in [0.15, 0.2) is 23.1 Å². The molecule has 0 heterocycles. The molecule has 1 unspecified atom stereocenters. The summed E-state index contributed by atoms with van der Waals surface area (Å²) in [6, 6.07) is 3.94. The molecular weight excluding hydrogens is 309 g/mol. The minimum atomic E-state index is -3.97. The van der Waals surface area contributed by atoms with Crippen LogP contribution < -0.4 is 5.32 Å². The predicted molar refractivity (Wildman–Crippen MR) is 76.3 cm³/mol. The molecule has 0 spiro atoms. The molecule has 1 atom stereocenters. The third-order valence-electron chi connectivity index (χ3n) is 2.81. The van der Waals surface area contributed by atoms with Crippen LogP contribution in [0.25, 0.3) is 0 Å². The molecule has 0 aliphatic carbocycles. The van der Waals surface area contributed by atoms with Gasteiger partial charge < -0.3 is 5.32 Å². The van der Waals surface area contributed by atoms with E-state index in [1.54, 1.807) is 0 Å². The van der Waals surface area contributed by atoms with Gasteiger partial charge in [0.1, 0.15) is 4.90 Å². The molecule has 1 amide bonds. The smallest absolute Gasteiger partial charge is 0.262 e. The maximum Gasteiger partial charge on any atom is 0.262 e. The fraction of sp³-hybridized carbons (Fsp3) is 0.417. The molecule has 0 aliphatic rings. The molecule has 0 saturated carbocycles. The summed E-state index contributed by atoms with van der Waals surface area (Å²) in [5.74, 6) is -0.0908. The van der Waals surface area contributed by atoms with E-state index in [1.807, 2.05) is 20.8 Å². The molecule has 0 aromatic heterocycles. The topological polar surface area (TPSA) is 63.2 Å². The van der Waals surface area contributed by atoms with Crippen molar-refractivity contribution in [2.24, 2.45) is 5.92 Å². The number of hydrogen-bond acceptors (Lipinski definition) is 3. The van der Waals surface area contributed by atoms with Crippen molar-refractivity contribution in [3.63, 3.8) is 0 Å². The van der Waals surface area contributed by atoms with Gasteiger partial charge in [-0.15, -0.1) is 0 Å². The lowest BCUT2D eigenvalue weighted by Gasteiger charge is -2.17. The molecule has 0 fully saturated rings. The maximum absolute atomic E-state index is 12.0. The molecule has 0 radical (unpaired) electrons. The standard InChI is InChI=1S/C12H15Cl2NO3S/c1-7(2)8(3)15-12(16)9-4-5-10(13)11(6-9)19(14,17)18/h4-8H,1-3H3,(H,15,16). The summed E-state index contributed by atoms with van der Waals surface area (Å²) in [7, 11) is 1.28. The Morgan fingerprint density at radius 1 is 1.26 bits per heavy atom. The number of carbonyl (C=O) groups is 1. The van der Waals surface area contributed by atoms with Gasteiger partial charge in [-0.2, -0.15) is 0 Å². The monoisotopic (exact) mass is 323 g/mol. The van der Waals surface area contributed by atoms with Crippen molar-refractivity contribution in [3.05, 3.63) is 28.8 Å². The second-order valence-corrected chi connectivity index (χ2v) is 7.53. The van der Waals surface area contributed by atoms with E-state index in [0.29, 0.717) is 0 Å². The van der Waals surface area contributed by atoms with Gasteiger partial charge in [-0.05, 0) is 31.0 Å². The summed E-state index contributed by atoms with van der Waals surface area (Å²) < 4.78 is 22.6. The summed E-state index contributed by atoms with van der Waals surface area (Å²) in [5.41, 5.74) is 0.205. The van der Waals surface area contributed by atoms with E-state index in [-0.39, 0.29) is 33.3 Å². The fourth-order valence-corrected chi connectivity index (χ4v) is 2.78. The van der Waals surface area contributed by atoms with Gasteiger partial charge >= 0.3 is 0 Å². The number of rotatable bonds is 4. The van der Waals surface area contributed by atoms with Gasteiger partial charge in [-0.25, -0.2) is 8.42 Å². The lowest BCUT2D eigenvalue weighted by molar-refractivity contribution is 0.0930. The van der Waals surface area contributed by atoms with Crippen LogP contribution in [0.3, 0.4) is 0 Å². The Morgan fingerprint density at radius 2 is 1.84 bits per heavy atom. The molecule has 1 aromatic carbocycles. The van der Waals surface area contributed by atoms with E-state index in [1.165, 1.54) is 18.2 Å². The van der Waals surface area contributed by atoms with Crippen LogP contribution in [0.1, 0.15) is 31.1 Å². The van der Waals surface area contributed by atoms with Gasteiger partial charge in [-0.3, -0.25) is 4.79 Å². The minimum absolute atomic E-state index is 0.0107. The van der Waals surface area contributed by atoms with Crippen LogP contribution in [-0.2, 0) is 9.05 Å². The maximum atomic E-state index is 12.0. The first-order valence-corrected chi connectivity index (χ1v) is 8.36. The third-order valence-corrected chi connectivity index (χ3v) is 4.62. The second-order valence-electron chi connectivity index (χ2n) is 4.59. The molecular formula is C12H15Cl2NO3S. The van der Waals surface area contributed by atoms with Crippen LogP contribution in [-0.4, -0.2) is 20.4 Å². The van der Waals surface area contributed by atoms with Gasteiger partial charge in [0.2, 0.25) is 0 Å². The highest BCUT2D eigenvalue weighted by atomic mass is 35.7. The van der Waals surface area contributed by atoms with E-state index >= 15 is 0 Å². The first-order chi connectivity index (χ1) is 8.62. The van der Waals surface area contributed by atoms with Crippen LogP contribution in [0.5, 0.6) is 0 Å². The average molecular weight is 324 g/mol. The van der Waals surface area contributed by atoms with Gasteiger partial charge in [0, 0.05) is 22.3 Å². The number of amides is 1. The van der Waals surface area contributed by atoms with Crippen molar-refractivity contribution in [1.29, 1.82) is 0 Å². The molecule has 19 heavy (non-hydrogen) atoms. The normalized spacial score (nSPS) is 13.4. The van der Waals surface area contributed by atoms with Crippen molar-refractivity contribution in [3.8, 4) is 0 Å². The van der Waals surface area contributed by atoms with Gasteiger partial charge in [-0.1, -0.05) is 25.4 Å². The van der Waals surface area contributed by atoms with Crippen LogP contribution >= 0.6 is 22.3 Å². The van der Waals surface area contributed by atoms with Crippen molar-refractivity contribution in [2.45, 2.75) is 31.7 Å². The molecule has 1 N–H and O–H groups in total. The summed E-state index contributed by atoms with van der Waals surface area (Å²) in [5, 5.41) is 2.76. The summed E-state index contributed by atoms with van der Waals surface area (Å²) in [6.07, 6.45) is 0. The summed E-state index contributed by atoms with van der Waals surface area (Å²) in [4.78, 5) is 11.7. The Kier molecular flexibility index (Phi) is 5.24. The number of nitrogens with one attached hydrogen (secondary N) is 1. The first kappa shape index (κ1) is 16.3. The third kappa shape index (κ3) is 4.37. The minimum Gasteiger partial charge on any atom is -0.349 e. The first-order valence-electron chi connectivity index (χ1n) is 5.68. The number of halogens is 2. The SMILES string of the molecule is CC(C)C(C)NC(=O)c1ccc(Cl)c(S(=O)(=O)Cl)c1. The van der Waals surface area contributed by atoms with Gasteiger partial charge in [0.05, 0.1) is 5.02 Å². The zero-order chi connectivity index (χ0) is 14.8. The largest absolute Gasteiger partial charge is 0.349 e. The Balaban J connectivity index is 3.07. The highest BCUT2D eigenvalue weighted by molar-refractivity contribution is 8.13. The van der Waals surface area contributed by atoms with Crippen molar-refractivity contribution in [1.82, 2.24) is 5.32 Å². The van der Waals surface area contributed by atoms with Crippen molar-refractivity contribution in [2.75, 3.05) is 0 Å². The van der Waals surface area contributed by atoms with Gasteiger partial charge in [0.25, 0.3) is 15.0 Å². The van der Waals surface area contributed by atoms with E-state index in [0.717, 1.165) is 0 Å². The lowest BCUT2D eigenvalue weighted by atomic mass is 10.1. The zero-order valence-corrected chi connectivity index (χ0v) is 13.1. The Morgan fingerprint density at radius 3 is 2.32 bits per heavy atom. The molecule has 1 aromatic rings. The quantitative estimate of drug-likeness (QED) is 0.866. The zero-order valence-electron chi connectivity index (χ0n) is 10.8. The van der Waals surface area contributed by atoms with Gasteiger partial charge in [0.15, 0.2) is 0 Å². The van der Waals surface area contributed by atoms with E-state index in [2.05, 4.69) is 5.32 Å². The van der Waals surface area contributed by atoms with Crippen LogP contribution in [0.2, 0.25) is 5.02 Å². The number of benzene rings is 1. The molecule has 4 nitrogen and oxygen atoms in total. The fourth-order valence-electron chi connectivity index (χ4n) is 1.29. The Hall–Kier alpha value is -0.780. The highest BCUT2D eigenvalue weighted by Gasteiger charge is 2.19. The average Bonchev–Trinajstić information content (AvgIpc) is 2.27. The molecule has 7 heteroatoms. The summed E-state index contributed by atoms with van der Waals surface area (Å²) >= 11 is 5.75. The number of hydrogen-bond donors (Lipinski definition) is 1. The number of carbonyl (C=O) groups excluding carboxylic acids is 1. The second kappa shape index (κ2) is 6.11. The molecule has 0 bridgehead atoms. The predicted octanol–water partition coefficient (Wildman–Crippen LogP) is 3.04. The molecule has 1 rings (SSSR count). The van der Waals surface area contributed by atoms with Crippen molar-refractivity contribution >= 4 is 37.2 Å². The Labute approximate surface area is 122 Å². The molecule has 0 saturated heterocycles. The lowest BCUT2D eigenvalue weighted by Crippen LogP contribution is -2.36. The highest BCUT2D eigenvalue weighted by Crippen LogP contribution is 2.25. The molecule has 106 valence electrons. The van der Waals surface area contributed by atoms with Crippen LogP contribution in [0, 0.1) is 5.92 Å². The van der Waals surface area contributed by atoms with Crippen molar-refractivity contribution < 1.29 is 13.2 Å². The molecule has 0 aliphatic heterocycles. The van der Waals surface area contributed by atoms with E-state index in [9.17, 15) is 13.2 Å². The van der Waals surface area contributed by atoms with Crippen LogP contribution in [0.4, 0.5) is 0 Å². The van der Waals surface area contributed by atoms with E-state index in [4.69, 9.17) is 22.3 Å². The summed E-state index contributed by atoms with van der Waals surface area (Å²) in [6.45, 7) is 5.82. The Bertz CT molecular complexity index is 585. The van der Waals surface area contributed by atoms with E-state index < -0.39 is 9.05 Å².